The van der Waals surface area contributed by atoms with Gasteiger partial charge in [0.25, 0.3) is 0 Å². The number of guanidine groups is 1. The Labute approximate surface area is 164 Å². The van der Waals surface area contributed by atoms with E-state index in [2.05, 4.69) is 29.3 Å². The summed E-state index contributed by atoms with van der Waals surface area (Å²) >= 11 is 0. The lowest BCUT2D eigenvalue weighted by atomic mass is 10.1. The Balaban J connectivity index is 0.00000529. The first-order valence-corrected chi connectivity index (χ1v) is 8.42. The fourth-order valence-corrected chi connectivity index (χ4v) is 2.37. The van der Waals surface area contributed by atoms with Crippen LogP contribution in [0.15, 0.2) is 29.3 Å². The van der Waals surface area contributed by atoms with E-state index in [0.717, 1.165) is 24.2 Å². The van der Waals surface area contributed by atoms with E-state index in [-0.39, 0.29) is 24.0 Å². The van der Waals surface area contributed by atoms with Gasteiger partial charge in [0, 0.05) is 24.9 Å². The molecule has 1 aromatic rings. The lowest BCUT2D eigenvalue weighted by Crippen LogP contribution is -2.23. The smallest absolute Gasteiger partial charge is 0.193 e. The largest absolute Gasteiger partial charge is 0.380 e. The number of halogens is 1. The highest BCUT2D eigenvalue weighted by atomic mass is 127. The number of aliphatic imine (C=N–C) groups is 1. The number of nitrogens with zero attached hydrogens (tertiary/aromatic N) is 2. The van der Waals surface area contributed by atoms with Gasteiger partial charge in [-0.3, -0.25) is 4.99 Å². The molecule has 0 unspecified atom stereocenters. The fourth-order valence-electron chi connectivity index (χ4n) is 2.37. The topological polar surface area (TPSA) is 62.9 Å². The van der Waals surface area contributed by atoms with Crippen molar-refractivity contribution in [2.75, 3.05) is 39.6 Å². The molecule has 138 valence electrons. The van der Waals surface area contributed by atoms with Crippen LogP contribution in [0.3, 0.4) is 0 Å². The van der Waals surface area contributed by atoms with Gasteiger partial charge in [-0.05, 0) is 39.5 Å². The first kappa shape index (κ1) is 23.1. The van der Waals surface area contributed by atoms with Gasteiger partial charge in [-0.15, -0.1) is 24.0 Å². The van der Waals surface area contributed by atoms with Crippen LogP contribution in [-0.4, -0.2) is 45.2 Å². The molecule has 0 fully saturated rings. The van der Waals surface area contributed by atoms with Gasteiger partial charge in [-0.2, -0.15) is 0 Å². The van der Waals surface area contributed by atoms with E-state index in [1.807, 2.05) is 24.3 Å². The Kier molecular flexibility index (Phi) is 14.0. The number of ether oxygens (including phenoxy) is 1. The van der Waals surface area contributed by atoms with E-state index in [9.17, 15) is 0 Å². The van der Waals surface area contributed by atoms with Gasteiger partial charge >= 0.3 is 0 Å². The Bertz CT molecular complexity index is 466. The molecule has 1 rings (SSSR count). The van der Waals surface area contributed by atoms with Crippen molar-refractivity contribution in [3.05, 3.63) is 29.8 Å². The standard InChI is InChI=1S/C18H32N4O.HI/c1-22(2)14-10-6-4-5-9-13-20-18(19)21-17-12-8-7-11-16(17)15-23-3;/h7-8,11-12H,4-6,9-10,13-15H2,1-3H3,(H3,19,20,21);1H. The highest BCUT2D eigenvalue weighted by Gasteiger charge is 2.02. The quantitative estimate of drug-likeness (QED) is 0.235. The summed E-state index contributed by atoms with van der Waals surface area (Å²) < 4.78 is 5.19. The Hall–Kier alpha value is -0.860. The lowest BCUT2D eigenvalue weighted by molar-refractivity contribution is 0.185. The van der Waals surface area contributed by atoms with Crippen LogP contribution in [0, 0.1) is 0 Å². The second kappa shape index (κ2) is 14.5. The van der Waals surface area contributed by atoms with Crippen molar-refractivity contribution in [1.82, 2.24) is 4.90 Å². The number of hydrogen-bond donors (Lipinski definition) is 2. The zero-order valence-electron chi connectivity index (χ0n) is 15.3. The minimum atomic E-state index is 0. The summed E-state index contributed by atoms with van der Waals surface area (Å²) in [4.78, 5) is 6.64. The fraction of sp³-hybridized carbons (Fsp3) is 0.611. The lowest BCUT2D eigenvalue weighted by Gasteiger charge is -2.11. The number of hydrogen-bond acceptors (Lipinski definition) is 3. The van der Waals surface area contributed by atoms with Crippen LogP contribution >= 0.6 is 24.0 Å². The van der Waals surface area contributed by atoms with Crippen LogP contribution in [0.5, 0.6) is 0 Å². The SMILES string of the molecule is COCc1ccccc1NC(N)=NCCCCCCCN(C)C.I. The maximum Gasteiger partial charge on any atom is 0.193 e. The zero-order chi connectivity index (χ0) is 16.9. The molecule has 0 amide bonds. The average molecular weight is 448 g/mol. The minimum Gasteiger partial charge on any atom is -0.380 e. The number of unbranched alkanes of at least 4 members (excludes halogenated alkanes) is 4. The van der Waals surface area contributed by atoms with Crippen LogP contribution in [0.1, 0.15) is 37.7 Å². The van der Waals surface area contributed by atoms with Crippen LogP contribution in [0.4, 0.5) is 5.69 Å². The molecule has 1 aromatic carbocycles. The Morgan fingerprint density at radius 2 is 1.79 bits per heavy atom. The number of nitrogens with one attached hydrogen (secondary N) is 1. The summed E-state index contributed by atoms with van der Waals surface area (Å²) in [5, 5.41) is 3.16. The maximum absolute atomic E-state index is 5.96. The molecule has 0 saturated carbocycles. The molecule has 0 radical (unpaired) electrons. The van der Waals surface area contributed by atoms with Crippen molar-refractivity contribution in [2.24, 2.45) is 10.7 Å². The molecule has 24 heavy (non-hydrogen) atoms. The van der Waals surface area contributed by atoms with Crippen molar-refractivity contribution in [3.8, 4) is 0 Å². The van der Waals surface area contributed by atoms with Crippen molar-refractivity contribution in [1.29, 1.82) is 0 Å². The number of anilines is 1. The summed E-state index contributed by atoms with van der Waals surface area (Å²) in [5.74, 6) is 0.473. The van der Waals surface area contributed by atoms with Crippen molar-refractivity contribution < 1.29 is 4.74 Å². The summed E-state index contributed by atoms with van der Waals surface area (Å²) in [7, 11) is 5.93. The highest BCUT2D eigenvalue weighted by Crippen LogP contribution is 2.15. The average Bonchev–Trinajstić information content (AvgIpc) is 2.52. The van der Waals surface area contributed by atoms with Crippen LogP contribution in [0.2, 0.25) is 0 Å². The normalized spacial score (nSPS) is 11.4. The number of methoxy groups -OCH3 is 1. The predicted octanol–water partition coefficient (Wildman–Crippen LogP) is 3.69. The molecule has 0 aromatic heterocycles. The molecule has 0 saturated heterocycles. The molecule has 0 spiro atoms. The Morgan fingerprint density at radius 1 is 1.12 bits per heavy atom. The van der Waals surface area contributed by atoms with Crippen LogP contribution in [-0.2, 0) is 11.3 Å². The maximum atomic E-state index is 5.96. The van der Waals surface area contributed by atoms with Crippen molar-refractivity contribution >= 4 is 35.6 Å². The second-order valence-electron chi connectivity index (χ2n) is 6.05. The molecular formula is C18H33IN4O. The van der Waals surface area contributed by atoms with Crippen molar-refractivity contribution in [2.45, 2.75) is 38.7 Å². The summed E-state index contributed by atoms with van der Waals surface area (Å²) in [5.41, 5.74) is 7.99. The van der Waals surface area contributed by atoms with Gasteiger partial charge in [-0.25, -0.2) is 0 Å². The number of nitrogens with two attached hydrogens (primary N) is 1. The van der Waals surface area contributed by atoms with E-state index >= 15 is 0 Å². The third kappa shape index (κ3) is 10.8. The second-order valence-corrected chi connectivity index (χ2v) is 6.05. The first-order chi connectivity index (χ1) is 11.1. The third-order valence-corrected chi connectivity index (χ3v) is 3.63. The van der Waals surface area contributed by atoms with E-state index in [0.29, 0.717) is 12.6 Å². The zero-order valence-corrected chi connectivity index (χ0v) is 17.6. The summed E-state index contributed by atoms with van der Waals surface area (Å²) in [6.07, 6.45) is 6.14. The summed E-state index contributed by atoms with van der Waals surface area (Å²) in [6.45, 7) is 2.51. The van der Waals surface area contributed by atoms with Crippen LogP contribution in [0.25, 0.3) is 0 Å². The first-order valence-electron chi connectivity index (χ1n) is 8.42. The van der Waals surface area contributed by atoms with Crippen LogP contribution < -0.4 is 11.1 Å². The molecule has 0 aliphatic carbocycles. The van der Waals surface area contributed by atoms with Gasteiger partial charge in [0.2, 0.25) is 0 Å². The molecule has 0 atom stereocenters. The predicted molar refractivity (Wildman–Crippen MR) is 114 cm³/mol. The highest BCUT2D eigenvalue weighted by molar-refractivity contribution is 14.0. The number of para-hydroxylation sites is 1. The van der Waals surface area contributed by atoms with Gasteiger partial charge < -0.3 is 20.7 Å². The Morgan fingerprint density at radius 3 is 2.50 bits per heavy atom. The minimum absolute atomic E-state index is 0. The van der Waals surface area contributed by atoms with Gasteiger partial charge in [-0.1, -0.05) is 37.5 Å². The van der Waals surface area contributed by atoms with E-state index in [4.69, 9.17) is 10.5 Å². The van der Waals surface area contributed by atoms with E-state index in [1.165, 1.54) is 32.2 Å². The molecule has 0 aliphatic rings. The third-order valence-electron chi connectivity index (χ3n) is 3.63. The van der Waals surface area contributed by atoms with Gasteiger partial charge in [0.1, 0.15) is 0 Å². The van der Waals surface area contributed by atoms with Gasteiger partial charge in [0.05, 0.1) is 6.61 Å². The van der Waals surface area contributed by atoms with Crippen molar-refractivity contribution in [3.63, 3.8) is 0 Å². The van der Waals surface area contributed by atoms with E-state index in [1.54, 1.807) is 7.11 Å². The molecule has 0 bridgehead atoms. The number of benzene rings is 1. The molecular weight excluding hydrogens is 415 g/mol. The molecule has 0 heterocycles. The molecule has 6 heteroatoms. The van der Waals surface area contributed by atoms with Gasteiger partial charge in [0.15, 0.2) is 5.96 Å². The van der Waals surface area contributed by atoms with E-state index < -0.39 is 0 Å². The monoisotopic (exact) mass is 448 g/mol. The summed E-state index contributed by atoms with van der Waals surface area (Å²) in [6, 6.07) is 7.97. The number of rotatable bonds is 11. The molecule has 3 N–H and O–H groups in total. The molecule has 0 aliphatic heterocycles. The molecule has 5 nitrogen and oxygen atoms in total.